The molecule has 0 aliphatic rings. The fourth-order valence-electron chi connectivity index (χ4n) is 0.815. The normalized spacial score (nSPS) is 12.5. The Hall–Kier alpha value is -0.700. The third kappa shape index (κ3) is 2.12. The lowest BCUT2D eigenvalue weighted by Crippen LogP contribution is -2.00. The summed E-state index contributed by atoms with van der Waals surface area (Å²) in [6.45, 7) is 0. The van der Waals surface area contributed by atoms with Crippen molar-refractivity contribution >= 4 is 22.2 Å². The zero-order valence-corrected chi connectivity index (χ0v) is 7.49. The van der Waals surface area contributed by atoms with Crippen molar-refractivity contribution in [3.63, 3.8) is 0 Å². The van der Waals surface area contributed by atoms with Gasteiger partial charge in [0.1, 0.15) is 6.29 Å². The molecule has 1 atom stereocenters. The van der Waals surface area contributed by atoms with Crippen LogP contribution in [0.3, 0.4) is 0 Å². The fraction of sp³-hybridized carbons (Fsp3) is 0.250. The summed E-state index contributed by atoms with van der Waals surface area (Å²) < 4.78 is 0. The summed E-state index contributed by atoms with van der Waals surface area (Å²) in [6.07, 6.45) is 4.31. The van der Waals surface area contributed by atoms with Gasteiger partial charge in [0, 0.05) is 23.6 Å². The van der Waals surface area contributed by atoms with Crippen LogP contribution in [0, 0.1) is 0 Å². The lowest BCUT2D eigenvalue weighted by molar-refractivity contribution is -0.108. The van der Waals surface area contributed by atoms with Gasteiger partial charge in [0.15, 0.2) is 0 Å². The van der Waals surface area contributed by atoms with Crippen LogP contribution >= 0.6 is 15.9 Å². The van der Waals surface area contributed by atoms with Crippen molar-refractivity contribution in [3.8, 4) is 0 Å². The molecule has 1 aromatic rings. The quantitative estimate of drug-likeness (QED) is 0.566. The van der Waals surface area contributed by atoms with Crippen LogP contribution in [0.25, 0.3) is 0 Å². The van der Waals surface area contributed by atoms with Crippen molar-refractivity contribution in [2.45, 2.75) is 5.92 Å². The van der Waals surface area contributed by atoms with Gasteiger partial charge in [-0.2, -0.15) is 0 Å². The van der Waals surface area contributed by atoms with E-state index in [9.17, 15) is 4.79 Å². The van der Waals surface area contributed by atoms with Gasteiger partial charge in [0.05, 0.1) is 0 Å². The zero-order chi connectivity index (χ0) is 8.10. The molecule has 0 aliphatic carbocycles. The van der Waals surface area contributed by atoms with E-state index in [0.717, 1.165) is 11.8 Å². The molecule has 0 spiro atoms. The van der Waals surface area contributed by atoms with E-state index in [1.54, 1.807) is 12.4 Å². The number of halogens is 1. The minimum atomic E-state index is -0.0435. The van der Waals surface area contributed by atoms with Crippen LogP contribution in [0.1, 0.15) is 11.5 Å². The van der Waals surface area contributed by atoms with Crippen molar-refractivity contribution in [1.29, 1.82) is 0 Å². The molecule has 0 amide bonds. The van der Waals surface area contributed by atoms with Crippen molar-refractivity contribution in [2.24, 2.45) is 0 Å². The summed E-state index contributed by atoms with van der Waals surface area (Å²) in [5, 5.41) is 0.667. The van der Waals surface area contributed by atoms with Crippen molar-refractivity contribution < 1.29 is 4.79 Å². The molecule has 1 heterocycles. The minimum Gasteiger partial charge on any atom is -0.303 e. The van der Waals surface area contributed by atoms with Crippen LogP contribution in [-0.2, 0) is 4.79 Å². The van der Waals surface area contributed by atoms with E-state index in [0.29, 0.717) is 5.33 Å². The van der Waals surface area contributed by atoms with Crippen LogP contribution in [-0.4, -0.2) is 16.6 Å². The van der Waals surface area contributed by atoms with Crippen molar-refractivity contribution in [3.05, 3.63) is 30.1 Å². The first kappa shape index (κ1) is 8.40. The summed E-state index contributed by atoms with van der Waals surface area (Å²) in [5.41, 5.74) is 1.01. The largest absolute Gasteiger partial charge is 0.303 e. The van der Waals surface area contributed by atoms with Gasteiger partial charge in [-0.3, -0.25) is 4.98 Å². The van der Waals surface area contributed by atoms with Gasteiger partial charge in [-0.05, 0) is 17.7 Å². The molecule has 58 valence electrons. The second-order valence-corrected chi connectivity index (χ2v) is 2.82. The Kier molecular flexibility index (Phi) is 3.23. The predicted octanol–water partition coefficient (Wildman–Crippen LogP) is 1.76. The van der Waals surface area contributed by atoms with Crippen LogP contribution in [0.5, 0.6) is 0 Å². The van der Waals surface area contributed by atoms with Gasteiger partial charge in [-0.25, -0.2) is 0 Å². The summed E-state index contributed by atoms with van der Waals surface area (Å²) in [4.78, 5) is 14.4. The molecular weight excluding hydrogens is 206 g/mol. The second kappa shape index (κ2) is 4.23. The Morgan fingerprint density at radius 1 is 1.55 bits per heavy atom. The van der Waals surface area contributed by atoms with E-state index in [2.05, 4.69) is 20.9 Å². The van der Waals surface area contributed by atoms with Crippen molar-refractivity contribution in [2.75, 3.05) is 5.33 Å². The van der Waals surface area contributed by atoms with Gasteiger partial charge in [-0.15, -0.1) is 0 Å². The van der Waals surface area contributed by atoms with Crippen LogP contribution in [0.2, 0.25) is 0 Å². The van der Waals surface area contributed by atoms with Crippen LogP contribution < -0.4 is 0 Å². The molecule has 0 N–H and O–H groups in total. The zero-order valence-electron chi connectivity index (χ0n) is 5.90. The molecule has 1 unspecified atom stereocenters. The maximum atomic E-state index is 10.5. The van der Waals surface area contributed by atoms with E-state index < -0.39 is 0 Å². The van der Waals surface area contributed by atoms with Gasteiger partial charge < -0.3 is 4.79 Å². The SMILES string of the molecule is O=CC(CBr)c1ccncc1. The lowest BCUT2D eigenvalue weighted by Gasteiger charge is -2.04. The van der Waals surface area contributed by atoms with Gasteiger partial charge >= 0.3 is 0 Å². The molecule has 0 aliphatic heterocycles. The van der Waals surface area contributed by atoms with E-state index in [1.165, 1.54) is 0 Å². The third-order valence-corrected chi connectivity index (χ3v) is 2.16. The number of carbonyl (C=O) groups is 1. The van der Waals surface area contributed by atoms with Gasteiger partial charge in [-0.1, -0.05) is 15.9 Å². The number of aromatic nitrogens is 1. The molecule has 0 aromatic carbocycles. The molecular formula is C8H8BrNO. The van der Waals surface area contributed by atoms with Crippen molar-refractivity contribution in [1.82, 2.24) is 4.98 Å². The average Bonchev–Trinajstić information content (AvgIpc) is 2.09. The summed E-state index contributed by atoms with van der Waals surface area (Å²) >= 11 is 3.26. The number of aldehydes is 1. The molecule has 0 bridgehead atoms. The highest BCUT2D eigenvalue weighted by atomic mass is 79.9. The van der Waals surface area contributed by atoms with E-state index in [-0.39, 0.29) is 5.92 Å². The van der Waals surface area contributed by atoms with E-state index in [1.807, 2.05) is 12.1 Å². The second-order valence-electron chi connectivity index (χ2n) is 2.18. The number of hydrogen-bond donors (Lipinski definition) is 0. The molecule has 1 rings (SSSR count). The number of alkyl halides is 1. The van der Waals surface area contributed by atoms with E-state index >= 15 is 0 Å². The Morgan fingerprint density at radius 2 is 2.18 bits per heavy atom. The van der Waals surface area contributed by atoms with E-state index in [4.69, 9.17) is 0 Å². The Bertz CT molecular complexity index is 225. The maximum Gasteiger partial charge on any atom is 0.128 e. The molecule has 0 radical (unpaired) electrons. The molecule has 0 saturated carbocycles. The average molecular weight is 214 g/mol. The number of hydrogen-bond acceptors (Lipinski definition) is 2. The predicted molar refractivity (Wildman–Crippen MR) is 46.8 cm³/mol. The summed E-state index contributed by atoms with van der Waals surface area (Å²) in [7, 11) is 0. The summed E-state index contributed by atoms with van der Waals surface area (Å²) in [5.74, 6) is -0.0435. The lowest BCUT2D eigenvalue weighted by atomic mass is 10.1. The number of carbonyl (C=O) groups excluding carboxylic acids is 1. The fourth-order valence-corrected chi connectivity index (χ4v) is 1.34. The number of rotatable bonds is 3. The topological polar surface area (TPSA) is 30.0 Å². The smallest absolute Gasteiger partial charge is 0.128 e. The number of nitrogens with zero attached hydrogens (tertiary/aromatic N) is 1. The molecule has 3 heteroatoms. The molecule has 2 nitrogen and oxygen atoms in total. The first-order valence-electron chi connectivity index (χ1n) is 3.29. The molecule has 1 aromatic heterocycles. The van der Waals surface area contributed by atoms with Gasteiger partial charge in [0.25, 0.3) is 0 Å². The standard InChI is InChI=1S/C8H8BrNO/c9-5-8(6-11)7-1-3-10-4-2-7/h1-4,6,8H,5H2. The Balaban J connectivity index is 2.82. The first-order valence-corrected chi connectivity index (χ1v) is 4.42. The minimum absolute atomic E-state index is 0.0435. The van der Waals surface area contributed by atoms with Crippen LogP contribution in [0.15, 0.2) is 24.5 Å². The molecule has 0 fully saturated rings. The van der Waals surface area contributed by atoms with Crippen LogP contribution in [0.4, 0.5) is 0 Å². The highest BCUT2D eigenvalue weighted by molar-refractivity contribution is 9.09. The molecule has 11 heavy (non-hydrogen) atoms. The first-order chi connectivity index (χ1) is 5.38. The highest BCUT2D eigenvalue weighted by Gasteiger charge is 2.06. The monoisotopic (exact) mass is 213 g/mol. The number of pyridine rings is 1. The van der Waals surface area contributed by atoms with Gasteiger partial charge in [0.2, 0.25) is 0 Å². The maximum absolute atomic E-state index is 10.5. The Labute approximate surface area is 73.8 Å². The third-order valence-electron chi connectivity index (χ3n) is 1.46. The highest BCUT2D eigenvalue weighted by Crippen LogP contribution is 2.13. The molecule has 0 saturated heterocycles. The Morgan fingerprint density at radius 3 is 2.64 bits per heavy atom. The summed E-state index contributed by atoms with van der Waals surface area (Å²) in [6, 6.07) is 3.70.